The lowest BCUT2D eigenvalue weighted by Gasteiger charge is -2.17. The number of carbonyl (C=O) groups excluding carboxylic acids is 3. The number of fused-ring (bicyclic) bond motifs is 3. The van der Waals surface area contributed by atoms with Gasteiger partial charge in [0.15, 0.2) is 6.61 Å². The highest BCUT2D eigenvalue weighted by Gasteiger charge is 2.29. The summed E-state index contributed by atoms with van der Waals surface area (Å²) in [5.74, 6) is 4.32. The monoisotopic (exact) mass is 332 g/mol. The summed E-state index contributed by atoms with van der Waals surface area (Å²) in [6.45, 7) is 1.90. The van der Waals surface area contributed by atoms with Gasteiger partial charge in [-0.15, -0.1) is 0 Å². The number of ketones is 2. The molecule has 1 aliphatic carbocycles. The van der Waals surface area contributed by atoms with Gasteiger partial charge in [0.1, 0.15) is 0 Å². The third-order valence-electron chi connectivity index (χ3n) is 3.92. The summed E-state index contributed by atoms with van der Waals surface area (Å²) < 4.78 is 4.97. The average Bonchev–Trinajstić information content (AvgIpc) is 2.63. The largest absolute Gasteiger partial charge is 0.452 e. The van der Waals surface area contributed by atoms with Crippen molar-refractivity contribution >= 4 is 17.5 Å². The summed E-state index contributed by atoms with van der Waals surface area (Å²) >= 11 is 0. The molecule has 0 aromatic heterocycles. The Morgan fingerprint density at radius 2 is 1.64 bits per heavy atom. The number of hydrogen-bond donors (Lipinski definition) is 0. The third-order valence-corrected chi connectivity index (χ3v) is 3.92. The van der Waals surface area contributed by atoms with Crippen LogP contribution in [0.1, 0.15) is 46.0 Å². The first-order valence-electron chi connectivity index (χ1n) is 8.08. The zero-order valence-electron chi connectivity index (χ0n) is 13.8. The summed E-state index contributed by atoms with van der Waals surface area (Å²) in [5, 5.41) is 0. The van der Waals surface area contributed by atoms with Gasteiger partial charge in [-0.3, -0.25) is 14.4 Å². The molecule has 4 nitrogen and oxygen atoms in total. The number of Topliss-reactive ketones (excluding diaryl/α,β-unsaturated/α-hetero) is 2. The van der Waals surface area contributed by atoms with E-state index in [4.69, 9.17) is 4.74 Å². The number of carbonyl (C=O) groups is 3. The van der Waals surface area contributed by atoms with Crippen molar-refractivity contribution in [2.45, 2.75) is 19.8 Å². The summed E-state index contributed by atoms with van der Waals surface area (Å²) in [4.78, 5) is 35.9. The van der Waals surface area contributed by atoms with Gasteiger partial charge in [-0.05, 0) is 29.7 Å². The molecule has 1 aliphatic rings. The van der Waals surface area contributed by atoms with E-state index in [9.17, 15) is 14.4 Å². The van der Waals surface area contributed by atoms with Crippen molar-refractivity contribution in [3.05, 3.63) is 59.2 Å². The molecule has 0 atom stereocenters. The average molecular weight is 332 g/mol. The van der Waals surface area contributed by atoms with Crippen molar-refractivity contribution in [1.29, 1.82) is 0 Å². The molecule has 0 bridgehead atoms. The Kier molecular flexibility index (Phi) is 4.76. The molecule has 0 saturated heterocycles. The van der Waals surface area contributed by atoms with Crippen LogP contribution in [0.3, 0.4) is 0 Å². The maximum Gasteiger partial charge on any atom is 0.306 e. The highest BCUT2D eigenvalue weighted by atomic mass is 16.5. The lowest BCUT2D eigenvalue weighted by Crippen LogP contribution is -2.21. The van der Waals surface area contributed by atoms with Gasteiger partial charge in [-0.25, -0.2) is 0 Å². The standard InChI is InChI=1S/C21H16O4/c1-2-6-19(22)25-12-5-7-14-10-11-16-15-8-3-4-9-17(15)20(23)21(24)18(16)13-14/h3-4,8-11,13H,2,6,12H2,1H3. The molecule has 0 saturated carbocycles. The Labute approximate surface area is 145 Å². The SMILES string of the molecule is CCCC(=O)OCC#Cc1ccc2c(c1)C(=O)C(=O)c1ccccc1-2. The van der Waals surface area contributed by atoms with Crippen LogP contribution in [0.2, 0.25) is 0 Å². The quantitative estimate of drug-likeness (QED) is 0.491. The Balaban J connectivity index is 1.85. The van der Waals surface area contributed by atoms with Gasteiger partial charge in [0, 0.05) is 23.1 Å². The van der Waals surface area contributed by atoms with Gasteiger partial charge >= 0.3 is 5.97 Å². The van der Waals surface area contributed by atoms with E-state index in [-0.39, 0.29) is 12.6 Å². The number of rotatable bonds is 3. The topological polar surface area (TPSA) is 60.4 Å². The minimum Gasteiger partial charge on any atom is -0.452 e. The molecule has 0 N–H and O–H groups in total. The summed E-state index contributed by atoms with van der Waals surface area (Å²) in [6, 6.07) is 12.3. The molecule has 2 aromatic carbocycles. The minimum atomic E-state index is -0.522. The first-order chi connectivity index (χ1) is 12.1. The molecule has 0 amide bonds. The zero-order valence-corrected chi connectivity index (χ0v) is 13.8. The lowest BCUT2D eigenvalue weighted by atomic mass is 9.83. The van der Waals surface area contributed by atoms with Crippen LogP contribution in [-0.2, 0) is 9.53 Å². The Hall–Kier alpha value is -3.19. The van der Waals surface area contributed by atoms with Crippen LogP contribution >= 0.6 is 0 Å². The van der Waals surface area contributed by atoms with Gasteiger partial charge < -0.3 is 4.74 Å². The van der Waals surface area contributed by atoms with Crippen LogP contribution in [0.4, 0.5) is 0 Å². The van der Waals surface area contributed by atoms with Crippen LogP contribution in [0, 0.1) is 11.8 Å². The van der Waals surface area contributed by atoms with E-state index in [2.05, 4.69) is 11.8 Å². The van der Waals surface area contributed by atoms with Gasteiger partial charge in [0.25, 0.3) is 0 Å². The molecule has 3 rings (SSSR count). The minimum absolute atomic E-state index is 0.00558. The van der Waals surface area contributed by atoms with Crippen molar-refractivity contribution < 1.29 is 19.1 Å². The number of ether oxygens (including phenoxy) is 1. The molecular formula is C21H16O4. The predicted molar refractivity (Wildman–Crippen MR) is 93.3 cm³/mol. The Bertz CT molecular complexity index is 928. The second-order valence-electron chi connectivity index (χ2n) is 5.68. The van der Waals surface area contributed by atoms with E-state index < -0.39 is 11.6 Å². The van der Waals surface area contributed by atoms with E-state index in [1.54, 1.807) is 30.3 Å². The molecular weight excluding hydrogens is 316 g/mol. The molecule has 0 radical (unpaired) electrons. The van der Waals surface area contributed by atoms with Crippen molar-refractivity contribution in [1.82, 2.24) is 0 Å². The third kappa shape index (κ3) is 3.36. The first-order valence-corrected chi connectivity index (χ1v) is 8.08. The summed E-state index contributed by atoms with van der Waals surface area (Å²) in [5.41, 5.74) is 2.89. The van der Waals surface area contributed by atoms with Gasteiger partial charge in [0.05, 0.1) is 0 Å². The second kappa shape index (κ2) is 7.14. The maximum absolute atomic E-state index is 12.4. The predicted octanol–water partition coefficient (Wildman–Crippen LogP) is 3.43. The maximum atomic E-state index is 12.4. The van der Waals surface area contributed by atoms with Gasteiger partial charge in [0.2, 0.25) is 11.6 Å². The van der Waals surface area contributed by atoms with Crippen molar-refractivity contribution in [2.75, 3.05) is 6.61 Å². The summed E-state index contributed by atoms with van der Waals surface area (Å²) in [6.07, 6.45) is 1.10. The number of esters is 1. The molecule has 124 valence electrons. The first kappa shape index (κ1) is 16.7. The molecule has 0 fully saturated rings. The molecule has 4 heteroatoms. The van der Waals surface area contributed by atoms with Crippen LogP contribution in [-0.4, -0.2) is 24.1 Å². The summed E-state index contributed by atoms with van der Waals surface area (Å²) in [7, 11) is 0. The fourth-order valence-electron chi connectivity index (χ4n) is 2.74. The Morgan fingerprint density at radius 1 is 0.960 bits per heavy atom. The van der Waals surface area contributed by atoms with E-state index in [0.717, 1.165) is 17.5 Å². The molecule has 25 heavy (non-hydrogen) atoms. The highest BCUT2D eigenvalue weighted by Crippen LogP contribution is 2.33. The van der Waals surface area contributed by atoms with E-state index in [1.165, 1.54) is 0 Å². The van der Waals surface area contributed by atoms with E-state index >= 15 is 0 Å². The number of hydrogen-bond acceptors (Lipinski definition) is 4. The van der Waals surface area contributed by atoms with Crippen LogP contribution in [0.15, 0.2) is 42.5 Å². The van der Waals surface area contributed by atoms with Gasteiger partial charge in [-0.2, -0.15) is 0 Å². The van der Waals surface area contributed by atoms with Crippen LogP contribution < -0.4 is 0 Å². The molecule has 2 aromatic rings. The van der Waals surface area contributed by atoms with Crippen LogP contribution in [0.5, 0.6) is 0 Å². The van der Waals surface area contributed by atoms with Gasteiger partial charge in [-0.1, -0.05) is 49.1 Å². The van der Waals surface area contributed by atoms with Crippen molar-refractivity contribution in [3.8, 4) is 23.0 Å². The molecule has 0 unspecified atom stereocenters. The van der Waals surface area contributed by atoms with E-state index in [1.807, 2.05) is 19.1 Å². The lowest BCUT2D eigenvalue weighted by molar-refractivity contribution is -0.142. The zero-order chi connectivity index (χ0) is 17.8. The number of benzene rings is 2. The molecule has 0 aliphatic heterocycles. The van der Waals surface area contributed by atoms with E-state index in [0.29, 0.717) is 23.1 Å². The fraction of sp³-hybridized carbons (Fsp3) is 0.190. The highest BCUT2D eigenvalue weighted by molar-refractivity contribution is 6.53. The normalized spacial score (nSPS) is 11.9. The molecule has 0 spiro atoms. The fourth-order valence-corrected chi connectivity index (χ4v) is 2.74. The van der Waals surface area contributed by atoms with Crippen molar-refractivity contribution in [3.63, 3.8) is 0 Å². The smallest absolute Gasteiger partial charge is 0.306 e. The second-order valence-corrected chi connectivity index (χ2v) is 5.68. The van der Waals surface area contributed by atoms with Crippen LogP contribution in [0.25, 0.3) is 11.1 Å². The van der Waals surface area contributed by atoms with Crippen molar-refractivity contribution in [2.24, 2.45) is 0 Å². The molecule has 0 heterocycles. The Morgan fingerprint density at radius 3 is 2.40 bits per heavy atom.